The quantitative estimate of drug-likeness (QED) is 0.804. The van der Waals surface area contributed by atoms with Gasteiger partial charge in [0.2, 0.25) is 15.9 Å². The first-order chi connectivity index (χ1) is 11.7. The van der Waals surface area contributed by atoms with E-state index in [-0.39, 0.29) is 21.5 Å². The summed E-state index contributed by atoms with van der Waals surface area (Å²) in [5.41, 5.74) is 0.496. The molecule has 2 rings (SSSR count). The van der Waals surface area contributed by atoms with Gasteiger partial charge in [-0.3, -0.25) is 4.79 Å². The number of anilines is 1. The van der Waals surface area contributed by atoms with E-state index in [1.54, 1.807) is 24.3 Å². The first-order valence-electron chi connectivity index (χ1n) is 7.09. The van der Waals surface area contributed by atoms with Crippen LogP contribution in [0.15, 0.2) is 47.4 Å². The summed E-state index contributed by atoms with van der Waals surface area (Å²) in [5, 5.41) is 2.88. The number of methoxy groups -OCH3 is 1. The molecule has 0 aliphatic carbocycles. The highest BCUT2D eigenvalue weighted by atomic mass is 35.5. The third-order valence-corrected chi connectivity index (χ3v) is 5.82. The van der Waals surface area contributed by atoms with Crippen LogP contribution in [0.4, 0.5) is 5.69 Å². The lowest BCUT2D eigenvalue weighted by Gasteiger charge is -2.18. The minimum atomic E-state index is -3.96. The largest absolute Gasteiger partial charge is 0.497 e. The van der Waals surface area contributed by atoms with Gasteiger partial charge in [-0.25, -0.2) is 8.42 Å². The lowest BCUT2D eigenvalue weighted by Crippen LogP contribution is -2.35. The fourth-order valence-corrected chi connectivity index (χ4v) is 3.89. The van der Waals surface area contributed by atoms with Gasteiger partial charge in [-0.05, 0) is 30.3 Å². The summed E-state index contributed by atoms with van der Waals surface area (Å²) in [5.74, 6) is 0.0713. The Morgan fingerprint density at radius 1 is 1.20 bits per heavy atom. The maximum Gasteiger partial charge on any atom is 0.244 e. The first kappa shape index (κ1) is 19.5. The molecule has 0 saturated heterocycles. The second kappa shape index (κ2) is 8.05. The van der Waals surface area contributed by atoms with E-state index in [4.69, 9.17) is 27.9 Å². The molecule has 1 N–H and O–H groups in total. The highest BCUT2D eigenvalue weighted by Gasteiger charge is 2.25. The first-order valence-corrected chi connectivity index (χ1v) is 9.29. The lowest BCUT2D eigenvalue weighted by atomic mass is 10.3. The highest BCUT2D eigenvalue weighted by Crippen LogP contribution is 2.27. The Morgan fingerprint density at radius 2 is 1.92 bits per heavy atom. The number of carbonyl (C=O) groups excluding carboxylic acids is 1. The molecule has 0 spiro atoms. The fourth-order valence-electron chi connectivity index (χ4n) is 2.03. The van der Waals surface area contributed by atoms with Crippen LogP contribution in [-0.2, 0) is 14.8 Å². The number of carbonyl (C=O) groups is 1. The average Bonchev–Trinajstić information content (AvgIpc) is 2.56. The summed E-state index contributed by atoms with van der Waals surface area (Å²) in [6.45, 7) is -0.387. The Hall–Kier alpha value is -1.80. The van der Waals surface area contributed by atoms with Crippen molar-refractivity contribution in [1.82, 2.24) is 4.31 Å². The van der Waals surface area contributed by atoms with Crippen LogP contribution in [0, 0.1) is 0 Å². The predicted molar refractivity (Wildman–Crippen MR) is 97.9 cm³/mol. The Kier molecular flexibility index (Phi) is 6.29. The molecule has 6 nitrogen and oxygen atoms in total. The average molecular weight is 403 g/mol. The van der Waals surface area contributed by atoms with Gasteiger partial charge in [-0.15, -0.1) is 0 Å². The van der Waals surface area contributed by atoms with Gasteiger partial charge in [0.05, 0.1) is 18.7 Å². The second-order valence-electron chi connectivity index (χ2n) is 5.12. The van der Waals surface area contributed by atoms with E-state index < -0.39 is 15.9 Å². The number of benzene rings is 2. The zero-order valence-electron chi connectivity index (χ0n) is 13.5. The predicted octanol–water partition coefficient (Wildman–Crippen LogP) is 3.26. The van der Waals surface area contributed by atoms with E-state index in [0.29, 0.717) is 11.4 Å². The molecule has 0 aliphatic heterocycles. The maximum atomic E-state index is 12.6. The van der Waals surface area contributed by atoms with Crippen molar-refractivity contribution < 1.29 is 17.9 Å². The van der Waals surface area contributed by atoms with Gasteiger partial charge in [0, 0.05) is 23.8 Å². The van der Waals surface area contributed by atoms with Gasteiger partial charge in [0.15, 0.2) is 0 Å². The molecular weight excluding hydrogens is 387 g/mol. The number of hydrogen-bond donors (Lipinski definition) is 1. The van der Waals surface area contributed by atoms with Gasteiger partial charge in [0.1, 0.15) is 10.6 Å². The molecular formula is C16H16Cl2N2O4S. The Bertz CT molecular complexity index is 887. The van der Waals surface area contributed by atoms with Crippen LogP contribution >= 0.6 is 23.2 Å². The molecule has 0 fully saturated rings. The van der Waals surface area contributed by atoms with E-state index in [2.05, 4.69) is 5.32 Å². The van der Waals surface area contributed by atoms with Gasteiger partial charge in [-0.2, -0.15) is 4.31 Å². The molecule has 0 aromatic heterocycles. The third-order valence-electron chi connectivity index (χ3n) is 3.30. The summed E-state index contributed by atoms with van der Waals surface area (Å²) < 4.78 is 31.1. The number of sulfonamides is 1. The maximum absolute atomic E-state index is 12.6. The number of amides is 1. The van der Waals surface area contributed by atoms with E-state index >= 15 is 0 Å². The van der Waals surface area contributed by atoms with Crippen LogP contribution in [0.25, 0.3) is 0 Å². The van der Waals surface area contributed by atoms with Crippen molar-refractivity contribution in [2.75, 3.05) is 26.0 Å². The van der Waals surface area contributed by atoms with Gasteiger partial charge in [0.25, 0.3) is 0 Å². The van der Waals surface area contributed by atoms with Crippen molar-refractivity contribution in [1.29, 1.82) is 0 Å². The minimum Gasteiger partial charge on any atom is -0.497 e. The Morgan fingerprint density at radius 3 is 2.60 bits per heavy atom. The number of hydrogen-bond acceptors (Lipinski definition) is 4. The van der Waals surface area contributed by atoms with Gasteiger partial charge in [-0.1, -0.05) is 29.3 Å². The molecule has 0 saturated carbocycles. The number of nitrogens with zero attached hydrogens (tertiary/aromatic N) is 1. The van der Waals surface area contributed by atoms with Crippen molar-refractivity contribution in [3.8, 4) is 5.75 Å². The molecule has 25 heavy (non-hydrogen) atoms. The van der Waals surface area contributed by atoms with Gasteiger partial charge >= 0.3 is 0 Å². The normalized spacial score (nSPS) is 11.4. The number of likely N-dealkylation sites (N-methyl/N-ethyl adjacent to an activating group) is 1. The zero-order chi connectivity index (χ0) is 18.6. The minimum absolute atomic E-state index is 0.0319. The fraction of sp³-hybridized carbons (Fsp3) is 0.188. The smallest absolute Gasteiger partial charge is 0.244 e. The summed E-state index contributed by atoms with van der Waals surface area (Å²) >= 11 is 11.8. The van der Waals surface area contributed by atoms with Gasteiger partial charge < -0.3 is 10.1 Å². The van der Waals surface area contributed by atoms with E-state index in [0.717, 1.165) is 4.31 Å². The molecule has 9 heteroatoms. The van der Waals surface area contributed by atoms with Crippen LogP contribution in [0.2, 0.25) is 10.0 Å². The monoisotopic (exact) mass is 402 g/mol. The van der Waals surface area contributed by atoms with Crippen molar-refractivity contribution in [2.45, 2.75) is 4.90 Å². The van der Waals surface area contributed by atoms with Crippen LogP contribution in [0.5, 0.6) is 5.75 Å². The molecule has 0 unspecified atom stereocenters. The van der Waals surface area contributed by atoms with Crippen LogP contribution < -0.4 is 10.1 Å². The summed E-state index contributed by atoms with van der Waals surface area (Å²) in [7, 11) is -1.16. The SMILES string of the molecule is COc1cccc(NC(=O)CN(C)S(=O)(=O)c2cc(Cl)ccc2Cl)c1. The van der Waals surface area contributed by atoms with Crippen molar-refractivity contribution in [3.05, 3.63) is 52.5 Å². The standard InChI is InChI=1S/C16H16Cl2N2O4S/c1-20(25(22,23)15-8-11(17)6-7-14(15)18)10-16(21)19-12-4-3-5-13(9-12)24-2/h3-9H,10H2,1-2H3,(H,19,21). The topological polar surface area (TPSA) is 75.7 Å². The molecule has 1 amide bonds. The third kappa shape index (κ3) is 4.85. The molecule has 0 atom stereocenters. The Balaban J connectivity index is 2.13. The van der Waals surface area contributed by atoms with Crippen molar-refractivity contribution >= 4 is 44.8 Å². The molecule has 0 radical (unpaired) electrons. The number of ether oxygens (including phenoxy) is 1. The van der Waals surface area contributed by atoms with E-state index in [1.807, 2.05) is 0 Å². The van der Waals surface area contributed by atoms with Crippen molar-refractivity contribution in [3.63, 3.8) is 0 Å². The van der Waals surface area contributed by atoms with E-state index in [9.17, 15) is 13.2 Å². The molecule has 0 aliphatic rings. The number of halogens is 2. The zero-order valence-corrected chi connectivity index (χ0v) is 15.8. The molecule has 134 valence electrons. The molecule has 0 heterocycles. The molecule has 2 aromatic rings. The van der Waals surface area contributed by atoms with Crippen LogP contribution in [0.3, 0.4) is 0 Å². The second-order valence-corrected chi connectivity index (χ2v) is 7.97. The van der Waals surface area contributed by atoms with Crippen molar-refractivity contribution in [2.24, 2.45) is 0 Å². The highest BCUT2D eigenvalue weighted by molar-refractivity contribution is 7.89. The summed E-state index contributed by atoms with van der Waals surface area (Å²) in [4.78, 5) is 12.0. The number of nitrogens with one attached hydrogen (secondary N) is 1. The summed E-state index contributed by atoms with van der Waals surface area (Å²) in [6, 6.07) is 10.9. The number of rotatable bonds is 6. The molecule has 0 bridgehead atoms. The lowest BCUT2D eigenvalue weighted by molar-refractivity contribution is -0.116. The van der Waals surface area contributed by atoms with E-state index in [1.165, 1.54) is 32.4 Å². The molecule has 2 aromatic carbocycles. The van der Waals surface area contributed by atoms with Crippen LogP contribution in [-0.4, -0.2) is 39.3 Å². The summed E-state index contributed by atoms with van der Waals surface area (Å²) in [6.07, 6.45) is 0. The Labute approximate surface area is 156 Å². The van der Waals surface area contributed by atoms with Crippen LogP contribution in [0.1, 0.15) is 0 Å².